The number of aliphatic hydroxyl groups excluding tert-OH is 1. The van der Waals surface area contributed by atoms with Crippen LogP contribution in [0.2, 0.25) is 0 Å². The van der Waals surface area contributed by atoms with Crippen LogP contribution in [-0.2, 0) is 5.54 Å². The van der Waals surface area contributed by atoms with Crippen molar-refractivity contribution >= 4 is 5.52 Å². The quantitative estimate of drug-likeness (QED) is 0.397. The van der Waals surface area contributed by atoms with E-state index in [2.05, 4.69) is 38.3 Å². The van der Waals surface area contributed by atoms with E-state index in [-0.39, 0.29) is 6.61 Å². The molecule has 0 aliphatic heterocycles. The van der Waals surface area contributed by atoms with Gasteiger partial charge in [-0.1, -0.05) is 17.6 Å². The fraction of sp³-hybridized carbons (Fsp3) is 0.370. The molecule has 188 valence electrons. The largest absolute Gasteiger partial charge is 0.479 e. The van der Waals surface area contributed by atoms with Crippen LogP contribution in [-0.4, -0.2) is 41.3 Å². The molecule has 4 aromatic rings. The number of nitriles is 1. The van der Waals surface area contributed by atoms with Gasteiger partial charge in [0.1, 0.15) is 22.8 Å². The second-order valence-corrected chi connectivity index (χ2v) is 9.15. The predicted octanol–water partition coefficient (Wildman–Crippen LogP) is 4.10. The molecule has 37 heavy (non-hydrogen) atoms. The van der Waals surface area contributed by atoms with Crippen LogP contribution < -0.4 is 4.74 Å². The van der Waals surface area contributed by atoms with Gasteiger partial charge >= 0.3 is 0 Å². The number of hydrogen-bond acceptors (Lipinski definition) is 7. The van der Waals surface area contributed by atoms with E-state index < -0.39 is 17.5 Å². The van der Waals surface area contributed by atoms with Gasteiger partial charge in [-0.2, -0.15) is 10.4 Å². The van der Waals surface area contributed by atoms with Crippen molar-refractivity contribution < 1.29 is 14.2 Å². The van der Waals surface area contributed by atoms with Crippen LogP contribution in [0.3, 0.4) is 0 Å². The summed E-state index contributed by atoms with van der Waals surface area (Å²) in [7, 11) is 0. The Balaban J connectivity index is 1.62. The molecule has 0 amide bonds. The summed E-state index contributed by atoms with van der Waals surface area (Å²) in [6, 6.07) is 7.03. The number of halogens is 1. The molecule has 0 spiro atoms. The van der Waals surface area contributed by atoms with Gasteiger partial charge in [-0.15, -0.1) is 11.0 Å². The number of aliphatic hydroxyl groups is 1. The first kappa shape index (κ1) is 24.4. The van der Waals surface area contributed by atoms with Crippen LogP contribution in [0.5, 0.6) is 5.75 Å². The standard InChI is InChI=1S/C27H26FN7O2/c1-3-7-19-13-31-34-15-20(25-18(2)35(33-32-25)27(17-29)10-5-4-6-11-27)12-23(26(19)34)37-24(16-36)22-9-8-21(28)14-30-22/h8-9,12-15,24,36H,4-6,10-11,16H2,1-2H3/t24-/m1/s1. The Morgan fingerprint density at radius 2 is 2.05 bits per heavy atom. The fourth-order valence-electron chi connectivity index (χ4n) is 4.96. The minimum Gasteiger partial charge on any atom is -0.479 e. The first-order valence-electron chi connectivity index (χ1n) is 12.2. The molecule has 1 aliphatic carbocycles. The molecule has 9 nitrogen and oxygen atoms in total. The lowest BCUT2D eigenvalue weighted by atomic mass is 9.83. The maximum atomic E-state index is 13.4. The van der Waals surface area contributed by atoms with E-state index in [0.29, 0.717) is 33.8 Å². The van der Waals surface area contributed by atoms with Gasteiger partial charge in [-0.05, 0) is 57.7 Å². The first-order chi connectivity index (χ1) is 18.0. The average Bonchev–Trinajstić information content (AvgIpc) is 3.52. The molecule has 10 heteroatoms. The number of nitrogens with zero attached hydrogens (tertiary/aromatic N) is 7. The molecule has 1 saturated carbocycles. The smallest absolute Gasteiger partial charge is 0.163 e. The molecule has 4 aromatic heterocycles. The third kappa shape index (κ3) is 4.41. The van der Waals surface area contributed by atoms with Gasteiger partial charge in [0.05, 0.1) is 42.0 Å². The van der Waals surface area contributed by atoms with Gasteiger partial charge in [0.15, 0.2) is 11.6 Å². The highest BCUT2D eigenvalue weighted by Crippen LogP contribution is 2.38. The lowest BCUT2D eigenvalue weighted by molar-refractivity contribution is 0.114. The van der Waals surface area contributed by atoms with E-state index in [9.17, 15) is 14.8 Å². The minimum absolute atomic E-state index is 0.377. The third-order valence-electron chi connectivity index (χ3n) is 6.81. The Morgan fingerprint density at radius 1 is 1.24 bits per heavy atom. The normalized spacial score (nSPS) is 15.5. The average molecular weight is 500 g/mol. The molecule has 0 aromatic carbocycles. The first-order valence-corrected chi connectivity index (χ1v) is 12.2. The molecule has 0 unspecified atom stereocenters. The SMILES string of the molecule is CC#Cc1cnn2cc(-c3nnn(C4(C#N)CCCCC4)c3C)cc(O[C@H](CO)c3ccc(F)cn3)c12. The second kappa shape index (κ2) is 10.00. The highest BCUT2D eigenvalue weighted by atomic mass is 19.1. The summed E-state index contributed by atoms with van der Waals surface area (Å²) < 4.78 is 23.1. The minimum atomic E-state index is -0.849. The Bertz CT molecular complexity index is 1530. The van der Waals surface area contributed by atoms with E-state index in [0.717, 1.165) is 44.0 Å². The third-order valence-corrected chi connectivity index (χ3v) is 6.81. The monoisotopic (exact) mass is 499 g/mol. The summed E-state index contributed by atoms with van der Waals surface area (Å²) >= 11 is 0. The van der Waals surface area contributed by atoms with Gasteiger partial charge in [0, 0.05) is 11.8 Å². The van der Waals surface area contributed by atoms with E-state index >= 15 is 0 Å². The van der Waals surface area contributed by atoms with Crippen molar-refractivity contribution in [3.05, 3.63) is 59.6 Å². The molecule has 1 N–H and O–H groups in total. The lowest BCUT2D eigenvalue weighted by Crippen LogP contribution is -2.36. The van der Waals surface area contributed by atoms with Crippen LogP contribution in [0, 0.1) is 35.9 Å². The van der Waals surface area contributed by atoms with Crippen molar-refractivity contribution in [2.45, 2.75) is 57.6 Å². The number of hydrogen-bond donors (Lipinski definition) is 1. The van der Waals surface area contributed by atoms with E-state index in [1.54, 1.807) is 28.4 Å². The van der Waals surface area contributed by atoms with Gasteiger partial charge in [-0.3, -0.25) is 4.98 Å². The van der Waals surface area contributed by atoms with Crippen molar-refractivity contribution in [3.8, 4) is 34.9 Å². The topological polar surface area (TPSA) is 114 Å². The zero-order chi connectivity index (χ0) is 26.0. The summed E-state index contributed by atoms with van der Waals surface area (Å²) in [5.41, 5.74) is 2.99. The number of rotatable bonds is 6. The van der Waals surface area contributed by atoms with E-state index in [4.69, 9.17) is 4.74 Å². The summed E-state index contributed by atoms with van der Waals surface area (Å²) in [4.78, 5) is 4.07. The number of aromatic nitrogens is 6. The van der Waals surface area contributed by atoms with Crippen molar-refractivity contribution in [1.82, 2.24) is 29.6 Å². The number of fused-ring (bicyclic) bond motifs is 1. The van der Waals surface area contributed by atoms with E-state index in [1.807, 2.05) is 13.1 Å². The Hall–Kier alpha value is -4.28. The van der Waals surface area contributed by atoms with Gasteiger partial charge in [-0.25, -0.2) is 13.6 Å². The molecule has 5 rings (SSSR count). The molecule has 0 bridgehead atoms. The van der Waals surface area contributed by atoms with E-state index in [1.165, 1.54) is 12.1 Å². The van der Waals surface area contributed by atoms with Gasteiger partial charge in [0.2, 0.25) is 0 Å². The summed E-state index contributed by atoms with van der Waals surface area (Å²) in [6.45, 7) is 3.26. The fourth-order valence-corrected chi connectivity index (χ4v) is 4.96. The predicted molar refractivity (Wildman–Crippen MR) is 133 cm³/mol. The molecule has 1 fully saturated rings. The Morgan fingerprint density at radius 3 is 2.73 bits per heavy atom. The highest BCUT2D eigenvalue weighted by Gasteiger charge is 2.37. The van der Waals surface area contributed by atoms with Crippen molar-refractivity contribution in [3.63, 3.8) is 0 Å². The summed E-state index contributed by atoms with van der Waals surface area (Å²) in [6.07, 6.45) is 8.22. The Kier molecular flexibility index (Phi) is 6.60. The van der Waals surface area contributed by atoms with Crippen LogP contribution in [0.15, 0.2) is 36.8 Å². The van der Waals surface area contributed by atoms with Crippen LogP contribution in [0.1, 0.15) is 62.1 Å². The molecular formula is C27H26FN7O2. The maximum Gasteiger partial charge on any atom is 0.163 e. The maximum absolute atomic E-state index is 13.4. The molecular weight excluding hydrogens is 473 g/mol. The van der Waals surface area contributed by atoms with Gasteiger partial charge in [0.25, 0.3) is 0 Å². The van der Waals surface area contributed by atoms with Crippen LogP contribution in [0.4, 0.5) is 4.39 Å². The molecule has 4 heterocycles. The number of pyridine rings is 2. The number of ether oxygens (including phenoxy) is 1. The van der Waals surface area contributed by atoms with Crippen molar-refractivity contribution in [1.29, 1.82) is 5.26 Å². The van der Waals surface area contributed by atoms with Gasteiger partial charge < -0.3 is 9.84 Å². The molecule has 0 saturated heterocycles. The van der Waals surface area contributed by atoms with Crippen LogP contribution >= 0.6 is 0 Å². The highest BCUT2D eigenvalue weighted by molar-refractivity contribution is 5.75. The molecule has 1 aliphatic rings. The summed E-state index contributed by atoms with van der Waals surface area (Å²) in [5, 5.41) is 33.4. The van der Waals surface area contributed by atoms with Crippen molar-refractivity contribution in [2.24, 2.45) is 0 Å². The Labute approximate surface area is 213 Å². The second-order valence-electron chi connectivity index (χ2n) is 9.15. The summed E-state index contributed by atoms with van der Waals surface area (Å²) in [5.74, 6) is 5.84. The van der Waals surface area contributed by atoms with Crippen LogP contribution in [0.25, 0.3) is 16.8 Å². The lowest BCUT2D eigenvalue weighted by Gasteiger charge is -2.31. The zero-order valence-corrected chi connectivity index (χ0v) is 20.6. The molecule has 1 atom stereocenters. The van der Waals surface area contributed by atoms with Crippen molar-refractivity contribution in [2.75, 3.05) is 6.61 Å². The zero-order valence-electron chi connectivity index (χ0n) is 20.6. The molecule has 0 radical (unpaired) electrons.